The first-order valence-corrected chi connectivity index (χ1v) is 10.6. The van der Waals surface area contributed by atoms with Crippen LogP contribution >= 0.6 is 7.14 Å². The number of hydrogen-bond acceptors (Lipinski definition) is 2. The molecular formula is C23H25O2P. The van der Waals surface area contributed by atoms with E-state index in [4.69, 9.17) is 0 Å². The topological polar surface area (TPSA) is 34.1 Å². The summed E-state index contributed by atoms with van der Waals surface area (Å²) in [4.78, 5) is 13.8. The van der Waals surface area contributed by atoms with Crippen LogP contribution in [0.5, 0.6) is 0 Å². The molecule has 2 aromatic rings. The van der Waals surface area contributed by atoms with E-state index < -0.39 is 12.3 Å². The lowest BCUT2D eigenvalue weighted by atomic mass is 10.0. The van der Waals surface area contributed by atoms with Crippen LogP contribution < -0.4 is 5.30 Å². The SMILES string of the molecule is Cc1cc(C)c(C(=O)P(=O)(c2ccccc2)C2(C)C=CC=CC2)c(C)c1. The van der Waals surface area contributed by atoms with Gasteiger partial charge in [-0.3, -0.25) is 4.79 Å². The first kappa shape index (κ1) is 18.6. The Morgan fingerprint density at radius 2 is 1.62 bits per heavy atom. The van der Waals surface area contributed by atoms with E-state index >= 15 is 0 Å². The van der Waals surface area contributed by atoms with Crippen molar-refractivity contribution in [3.63, 3.8) is 0 Å². The zero-order valence-corrected chi connectivity index (χ0v) is 16.7. The van der Waals surface area contributed by atoms with Crippen LogP contribution in [-0.2, 0) is 4.57 Å². The molecule has 134 valence electrons. The molecular weight excluding hydrogens is 339 g/mol. The summed E-state index contributed by atoms with van der Waals surface area (Å²) in [5, 5.41) is -0.0870. The Bertz CT molecular complexity index is 930. The molecule has 0 aliphatic heterocycles. The number of allylic oxidation sites excluding steroid dienone is 4. The zero-order chi connectivity index (χ0) is 18.9. The third-order valence-electron chi connectivity index (χ3n) is 5.25. The first-order valence-electron chi connectivity index (χ1n) is 8.92. The van der Waals surface area contributed by atoms with Gasteiger partial charge in [0, 0.05) is 10.9 Å². The highest BCUT2D eigenvalue weighted by atomic mass is 31.2. The van der Waals surface area contributed by atoms with Crippen molar-refractivity contribution in [3.8, 4) is 0 Å². The number of aryl methyl sites for hydroxylation is 3. The quantitative estimate of drug-likeness (QED) is 0.651. The average Bonchev–Trinajstić information content (AvgIpc) is 2.61. The van der Waals surface area contributed by atoms with Crippen molar-refractivity contribution in [1.29, 1.82) is 0 Å². The van der Waals surface area contributed by atoms with E-state index in [0.717, 1.165) is 16.7 Å². The summed E-state index contributed by atoms with van der Waals surface area (Å²) in [5.41, 5.74) is 3.26. The van der Waals surface area contributed by atoms with Crippen molar-refractivity contribution in [1.82, 2.24) is 0 Å². The lowest BCUT2D eigenvalue weighted by molar-refractivity contribution is 0.107. The van der Waals surface area contributed by atoms with Gasteiger partial charge in [-0.25, -0.2) is 0 Å². The highest BCUT2D eigenvalue weighted by Gasteiger charge is 2.49. The van der Waals surface area contributed by atoms with Gasteiger partial charge in [0.05, 0.1) is 5.16 Å². The number of carbonyl (C=O) groups is 1. The van der Waals surface area contributed by atoms with Crippen LogP contribution in [0.15, 0.2) is 66.8 Å². The van der Waals surface area contributed by atoms with E-state index in [2.05, 4.69) is 0 Å². The fourth-order valence-electron chi connectivity index (χ4n) is 3.91. The Morgan fingerprint density at radius 3 is 2.15 bits per heavy atom. The lowest BCUT2D eigenvalue weighted by Crippen LogP contribution is -2.33. The molecule has 0 spiro atoms. The molecule has 0 radical (unpaired) electrons. The minimum absolute atomic E-state index is 0.235. The van der Waals surface area contributed by atoms with E-state index in [1.54, 1.807) is 0 Å². The van der Waals surface area contributed by atoms with Crippen molar-refractivity contribution in [2.45, 2.75) is 39.3 Å². The largest absolute Gasteiger partial charge is 0.309 e. The highest BCUT2D eigenvalue weighted by Crippen LogP contribution is 2.62. The maximum atomic E-state index is 14.5. The summed E-state index contributed by atoms with van der Waals surface area (Å²) < 4.78 is 14.5. The van der Waals surface area contributed by atoms with Gasteiger partial charge in [0.25, 0.3) is 0 Å². The standard InChI is InChI=1S/C23H25O2P/c1-17-15-18(2)21(19(3)16-17)22(24)26(25,20-11-7-5-8-12-20)23(4)13-9-6-10-14-23/h5-13,15-16H,14H2,1-4H3. The molecule has 0 saturated heterocycles. The normalized spacial score (nSPS) is 21.4. The predicted octanol–water partition coefficient (Wildman–Crippen LogP) is 5.72. The average molecular weight is 364 g/mol. The van der Waals surface area contributed by atoms with Gasteiger partial charge >= 0.3 is 0 Å². The summed E-state index contributed by atoms with van der Waals surface area (Å²) in [6.45, 7) is 7.82. The van der Waals surface area contributed by atoms with Crippen LogP contribution in [0.3, 0.4) is 0 Å². The molecule has 0 bridgehead atoms. The number of carbonyl (C=O) groups excluding carboxylic acids is 1. The van der Waals surface area contributed by atoms with Gasteiger partial charge in [-0.1, -0.05) is 72.3 Å². The van der Waals surface area contributed by atoms with Crippen molar-refractivity contribution < 1.29 is 9.36 Å². The Morgan fingerprint density at radius 1 is 1.00 bits per heavy atom. The van der Waals surface area contributed by atoms with E-state index in [1.807, 2.05) is 94.5 Å². The summed E-state index contributed by atoms with van der Waals surface area (Å²) in [6, 6.07) is 13.2. The molecule has 3 rings (SSSR count). The molecule has 2 nitrogen and oxygen atoms in total. The summed E-state index contributed by atoms with van der Waals surface area (Å²) in [5.74, 6) is 0. The molecule has 0 amide bonds. The molecule has 0 heterocycles. The number of benzene rings is 2. The van der Waals surface area contributed by atoms with E-state index in [1.165, 1.54) is 0 Å². The predicted molar refractivity (Wildman–Crippen MR) is 110 cm³/mol. The maximum absolute atomic E-state index is 14.5. The minimum atomic E-state index is -3.42. The van der Waals surface area contributed by atoms with E-state index in [-0.39, 0.29) is 5.52 Å². The zero-order valence-electron chi connectivity index (χ0n) is 15.8. The van der Waals surface area contributed by atoms with Crippen molar-refractivity contribution in [2.24, 2.45) is 0 Å². The highest BCUT2D eigenvalue weighted by molar-refractivity contribution is 7.88. The van der Waals surface area contributed by atoms with Gasteiger partial charge in [-0.2, -0.15) is 0 Å². The van der Waals surface area contributed by atoms with Crippen LogP contribution in [0.4, 0.5) is 0 Å². The second kappa shape index (κ2) is 6.85. The smallest absolute Gasteiger partial charge is 0.227 e. The fraction of sp³-hybridized carbons (Fsp3) is 0.261. The second-order valence-corrected chi connectivity index (χ2v) is 10.5. The molecule has 1 aliphatic carbocycles. The maximum Gasteiger partial charge on any atom is 0.227 e. The molecule has 0 N–H and O–H groups in total. The van der Waals surface area contributed by atoms with Crippen LogP contribution in [0, 0.1) is 20.8 Å². The molecule has 2 unspecified atom stereocenters. The Labute approximate surface area is 156 Å². The molecule has 0 fully saturated rings. The monoisotopic (exact) mass is 364 g/mol. The van der Waals surface area contributed by atoms with Crippen LogP contribution in [0.1, 0.15) is 40.4 Å². The van der Waals surface area contributed by atoms with Gasteiger partial charge in [-0.15, -0.1) is 0 Å². The van der Waals surface area contributed by atoms with Gasteiger partial charge in [0.15, 0.2) is 7.14 Å². The van der Waals surface area contributed by atoms with Crippen LogP contribution in [0.25, 0.3) is 0 Å². The van der Waals surface area contributed by atoms with Crippen LogP contribution in [0.2, 0.25) is 0 Å². The Hall–Kier alpha value is -2.18. The van der Waals surface area contributed by atoms with Gasteiger partial charge in [0.2, 0.25) is 5.52 Å². The summed E-state index contributed by atoms with van der Waals surface area (Å²) >= 11 is 0. The first-order chi connectivity index (χ1) is 12.3. The number of hydrogen-bond donors (Lipinski definition) is 0. The lowest BCUT2D eigenvalue weighted by Gasteiger charge is -2.35. The van der Waals surface area contributed by atoms with E-state index in [9.17, 15) is 9.36 Å². The molecule has 1 aliphatic rings. The van der Waals surface area contributed by atoms with Crippen molar-refractivity contribution >= 4 is 18.0 Å². The summed E-state index contributed by atoms with van der Waals surface area (Å²) in [7, 11) is -3.42. The second-order valence-electron chi connectivity index (χ2n) is 7.37. The Balaban J connectivity index is 2.26. The number of rotatable bonds is 4. The third kappa shape index (κ3) is 2.93. The molecule has 3 heteroatoms. The molecule has 2 aromatic carbocycles. The van der Waals surface area contributed by atoms with Crippen molar-refractivity contribution in [3.05, 3.63) is 89.0 Å². The van der Waals surface area contributed by atoms with E-state index in [0.29, 0.717) is 17.3 Å². The Kier molecular flexibility index (Phi) is 4.90. The minimum Gasteiger partial charge on any atom is -0.309 e. The molecule has 0 aromatic heterocycles. The van der Waals surface area contributed by atoms with Gasteiger partial charge in [-0.05, 0) is 45.2 Å². The van der Waals surface area contributed by atoms with Crippen LogP contribution in [-0.4, -0.2) is 10.7 Å². The molecule has 0 saturated carbocycles. The van der Waals surface area contributed by atoms with Crippen molar-refractivity contribution in [2.75, 3.05) is 0 Å². The molecule has 26 heavy (non-hydrogen) atoms. The van der Waals surface area contributed by atoms with Gasteiger partial charge in [0.1, 0.15) is 0 Å². The summed E-state index contributed by atoms with van der Waals surface area (Å²) in [6.07, 6.45) is 8.38. The fourth-order valence-corrected chi connectivity index (χ4v) is 7.11. The third-order valence-corrected chi connectivity index (χ3v) is 8.84. The molecule has 2 atom stereocenters. The van der Waals surface area contributed by atoms with Gasteiger partial charge < -0.3 is 4.57 Å².